The fourth-order valence-electron chi connectivity index (χ4n) is 1.82. The van der Waals surface area contributed by atoms with Gasteiger partial charge in [0.15, 0.2) is 0 Å². The first-order chi connectivity index (χ1) is 7.54. The molecular formula is C12H15N3O. The Kier molecular flexibility index (Phi) is 2.42. The highest BCUT2D eigenvalue weighted by Crippen LogP contribution is 2.13. The van der Waals surface area contributed by atoms with E-state index in [2.05, 4.69) is 4.98 Å². The second kappa shape index (κ2) is 3.63. The molecule has 0 spiro atoms. The topological polar surface area (TPSA) is 60.4 Å². The molecule has 0 aliphatic heterocycles. The van der Waals surface area contributed by atoms with Crippen molar-refractivity contribution in [2.24, 2.45) is 0 Å². The third kappa shape index (κ3) is 1.46. The third-order valence-electron chi connectivity index (χ3n) is 2.78. The molecule has 2 rings (SSSR count). The normalized spacial score (nSPS) is 10.9. The molecule has 2 aromatic heterocycles. The number of nitrogens with zero attached hydrogens (tertiary/aromatic N) is 2. The summed E-state index contributed by atoms with van der Waals surface area (Å²) in [6.07, 6.45) is 2.64. The van der Waals surface area contributed by atoms with Crippen molar-refractivity contribution in [1.82, 2.24) is 9.38 Å². The Morgan fingerprint density at radius 2 is 2.12 bits per heavy atom. The number of nitrogen functional groups attached to an aromatic ring is 1. The van der Waals surface area contributed by atoms with E-state index in [1.807, 2.05) is 19.9 Å². The molecule has 0 saturated heterocycles. The van der Waals surface area contributed by atoms with Crippen LogP contribution in [0.2, 0.25) is 0 Å². The molecule has 16 heavy (non-hydrogen) atoms. The molecule has 4 nitrogen and oxygen atoms in total. The molecule has 0 aromatic carbocycles. The molecule has 4 heteroatoms. The van der Waals surface area contributed by atoms with Gasteiger partial charge >= 0.3 is 0 Å². The van der Waals surface area contributed by atoms with Gasteiger partial charge in [0.1, 0.15) is 11.5 Å². The number of aryl methyl sites for hydroxylation is 2. The van der Waals surface area contributed by atoms with E-state index < -0.39 is 0 Å². The molecule has 0 aliphatic rings. The third-order valence-corrected chi connectivity index (χ3v) is 2.78. The van der Waals surface area contributed by atoms with Crippen LogP contribution in [0.15, 0.2) is 17.1 Å². The van der Waals surface area contributed by atoms with Crippen molar-refractivity contribution < 1.29 is 0 Å². The van der Waals surface area contributed by atoms with E-state index in [4.69, 9.17) is 5.73 Å². The second-order valence-corrected chi connectivity index (χ2v) is 4.02. The van der Waals surface area contributed by atoms with Crippen LogP contribution >= 0.6 is 0 Å². The first-order valence-electron chi connectivity index (χ1n) is 5.32. The molecule has 0 fully saturated rings. The zero-order valence-corrected chi connectivity index (χ0v) is 9.74. The van der Waals surface area contributed by atoms with Gasteiger partial charge in [0.05, 0.1) is 5.56 Å². The van der Waals surface area contributed by atoms with Crippen LogP contribution in [0.3, 0.4) is 0 Å². The van der Waals surface area contributed by atoms with Crippen molar-refractivity contribution in [2.75, 3.05) is 5.73 Å². The summed E-state index contributed by atoms with van der Waals surface area (Å²) in [5.74, 6) is 0.323. The summed E-state index contributed by atoms with van der Waals surface area (Å²) in [5.41, 5.74) is 8.91. The second-order valence-electron chi connectivity index (χ2n) is 4.02. The number of nitrogens with two attached hydrogens (primary N) is 1. The monoisotopic (exact) mass is 217 g/mol. The van der Waals surface area contributed by atoms with Crippen LogP contribution in [0.5, 0.6) is 0 Å². The number of aromatic nitrogens is 2. The largest absolute Gasteiger partial charge is 0.383 e. The lowest BCUT2D eigenvalue weighted by molar-refractivity contribution is 0.977. The average Bonchev–Trinajstić information content (AvgIpc) is 2.26. The molecule has 2 aromatic rings. The van der Waals surface area contributed by atoms with Crippen molar-refractivity contribution >= 4 is 11.5 Å². The van der Waals surface area contributed by atoms with Gasteiger partial charge in [0.25, 0.3) is 5.56 Å². The van der Waals surface area contributed by atoms with Gasteiger partial charge in [-0.05, 0) is 31.4 Å². The molecule has 0 radical (unpaired) electrons. The Balaban J connectivity index is 3.01. The number of anilines is 1. The first kappa shape index (κ1) is 10.7. The van der Waals surface area contributed by atoms with Crippen LogP contribution in [0, 0.1) is 13.8 Å². The number of hydrogen-bond acceptors (Lipinski definition) is 3. The van der Waals surface area contributed by atoms with Crippen molar-refractivity contribution in [1.29, 1.82) is 0 Å². The van der Waals surface area contributed by atoms with Gasteiger partial charge in [0.2, 0.25) is 0 Å². The number of pyridine rings is 1. The molecule has 0 bridgehead atoms. The predicted molar refractivity (Wildman–Crippen MR) is 64.7 cm³/mol. The van der Waals surface area contributed by atoms with Crippen LogP contribution in [0.4, 0.5) is 5.82 Å². The highest BCUT2D eigenvalue weighted by Gasteiger charge is 2.09. The van der Waals surface area contributed by atoms with Crippen LogP contribution < -0.4 is 11.3 Å². The van der Waals surface area contributed by atoms with Crippen molar-refractivity contribution in [3.8, 4) is 0 Å². The van der Waals surface area contributed by atoms with Crippen molar-refractivity contribution in [2.45, 2.75) is 27.2 Å². The smallest absolute Gasteiger partial charge is 0.262 e. The van der Waals surface area contributed by atoms with E-state index in [1.165, 1.54) is 0 Å². The number of fused-ring (bicyclic) bond motifs is 1. The fourth-order valence-corrected chi connectivity index (χ4v) is 1.82. The summed E-state index contributed by atoms with van der Waals surface area (Å²) >= 11 is 0. The minimum absolute atomic E-state index is 0.0825. The van der Waals surface area contributed by atoms with Crippen LogP contribution in [-0.4, -0.2) is 9.38 Å². The quantitative estimate of drug-likeness (QED) is 0.786. The Morgan fingerprint density at radius 1 is 1.44 bits per heavy atom. The highest BCUT2D eigenvalue weighted by atomic mass is 16.1. The standard InChI is InChI=1S/C12H15N3O/c1-4-9-5-7(2)6-15-11(9)14-10(13)8(3)12(15)16/h5-6H,4,13H2,1-3H3. The maximum Gasteiger partial charge on any atom is 0.262 e. The van der Waals surface area contributed by atoms with Gasteiger partial charge in [-0.15, -0.1) is 0 Å². The van der Waals surface area contributed by atoms with Crippen molar-refractivity contribution in [3.05, 3.63) is 39.3 Å². The minimum Gasteiger partial charge on any atom is -0.383 e. The molecule has 0 saturated carbocycles. The lowest BCUT2D eigenvalue weighted by atomic mass is 10.1. The summed E-state index contributed by atoms with van der Waals surface area (Å²) < 4.78 is 1.58. The summed E-state index contributed by atoms with van der Waals surface area (Å²) in [6.45, 7) is 5.71. The Labute approximate surface area is 93.7 Å². The lowest BCUT2D eigenvalue weighted by Gasteiger charge is -2.09. The molecule has 84 valence electrons. The van der Waals surface area contributed by atoms with Gasteiger partial charge < -0.3 is 5.73 Å². The SMILES string of the molecule is CCc1cc(C)cn2c(=O)c(C)c(N)nc12. The Hall–Kier alpha value is -1.84. The Morgan fingerprint density at radius 3 is 2.75 bits per heavy atom. The molecule has 0 amide bonds. The lowest BCUT2D eigenvalue weighted by Crippen LogP contribution is -2.21. The highest BCUT2D eigenvalue weighted by molar-refractivity contribution is 5.54. The molecular weight excluding hydrogens is 202 g/mol. The number of hydrogen-bond donors (Lipinski definition) is 1. The van der Waals surface area contributed by atoms with Crippen LogP contribution in [0.25, 0.3) is 5.65 Å². The predicted octanol–water partition coefficient (Wildman–Crippen LogP) is 1.46. The van der Waals surface area contributed by atoms with E-state index >= 15 is 0 Å². The number of rotatable bonds is 1. The summed E-state index contributed by atoms with van der Waals surface area (Å²) in [5, 5.41) is 0. The molecule has 2 heterocycles. The molecule has 0 unspecified atom stereocenters. The average molecular weight is 217 g/mol. The zero-order valence-electron chi connectivity index (χ0n) is 9.74. The van der Waals surface area contributed by atoms with E-state index in [-0.39, 0.29) is 5.56 Å². The van der Waals surface area contributed by atoms with Gasteiger partial charge in [-0.3, -0.25) is 9.20 Å². The maximum atomic E-state index is 12.0. The summed E-state index contributed by atoms with van der Waals surface area (Å²) in [7, 11) is 0. The van der Waals surface area contributed by atoms with E-state index in [0.29, 0.717) is 17.0 Å². The van der Waals surface area contributed by atoms with E-state index in [0.717, 1.165) is 17.5 Å². The Bertz CT molecular complexity index is 614. The summed E-state index contributed by atoms with van der Waals surface area (Å²) in [6, 6.07) is 2.04. The van der Waals surface area contributed by atoms with Gasteiger partial charge in [-0.1, -0.05) is 13.0 Å². The molecule has 2 N–H and O–H groups in total. The van der Waals surface area contributed by atoms with Gasteiger partial charge in [-0.2, -0.15) is 0 Å². The summed E-state index contributed by atoms with van der Waals surface area (Å²) in [4.78, 5) is 16.3. The van der Waals surface area contributed by atoms with E-state index in [1.54, 1.807) is 17.5 Å². The minimum atomic E-state index is -0.0825. The first-order valence-corrected chi connectivity index (χ1v) is 5.32. The van der Waals surface area contributed by atoms with Gasteiger partial charge in [0, 0.05) is 6.20 Å². The molecule has 0 aliphatic carbocycles. The fraction of sp³-hybridized carbons (Fsp3) is 0.333. The van der Waals surface area contributed by atoms with Crippen LogP contribution in [0.1, 0.15) is 23.6 Å². The zero-order chi connectivity index (χ0) is 11.9. The van der Waals surface area contributed by atoms with Crippen molar-refractivity contribution in [3.63, 3.8) is 0 Å². The van der Waals surface area contributed by atoms with Gasteiger partial charge in [-0.25, -0.2) is 4.98 Å². The maximum absolute atomic E-state index is 12.0. The van der Waals surface area contributed by atoms with E-state index in [9.17, 15) is 4.79 Å². The molecule has 0 atom stereocenters. The van der Waals surface area contributed by atoms with Crippen LogP contribution in [-0.2, 0) is 6.42 Å².